The Morgan fingerprint density at radius 2 is 2.22 bits per heavy atom. The average molecular weight is 395 g/mol. The first-order chi connectivity index (χ1) is 10.1. The molecule has 0 aliphatic carbocycles. The van der Waals surface area contributed by atoms with Crippen LogP contribution in [0.2, 0.25) is 5.02 Å². The van der Waals surface area contributed by atoms with E-state index in [1.165, 1.54) is 11.3 Å². The maximum atomic E-state index is 12.5. The van der Waals surface area contributed by atoms with Crippen molar-refractivity contribution in [3.8, 4) is 10.6 Å². The lowest BCUT2D eigenvalue weighted by Crippen LogP contribution is -2.51. The Balaban J connectivity index is 0.00000132. The van der Waals surface area contributed by atoms with Gasteiger partial charge in [0.1, 0.15) is 10.7 Å². The zero-order chi connectivity index (χ0) is 14.8. The normalized spacial score (nSPS) is 17.1. The van der Waals surface area contributed by atoms with Crippen molar-refractivity contribution < 1.29 is 4.79 Å². The molecule has 1 aromatic carbocycles. The van der Waals surface area contributed by atoms with Crippen molar-refractivity contribution in [3.05, 3.63) is 40.4 Å². The van der Waals surface area contributed by atoms with Gasteiger partial charge in [0.05, 0.1) is 0 Å². The lowest BCUT2D eigenvalue weighted by Gasteiger charge is -2.31. The summed E-state index contributed by atoms with van der Waals surface area (Å²) in [6.07, 6.45) is 0. The fraction of sp³-hybridized carbons (Fsp3) is 0.333. The molecular weight excluding hydrogens is 377 g/mol. The van der Waals surface area contributed by atoms with Gasteiger partial charge >= 0.3 is 0 Å². The fourth-order valence-electron chi connectivity index (χ4n) is 2.40. The molecule has 1 aromatic heterocycles. The van der Waals surface area contributed by atoms with E-state index in [-0.39, 0.29) is 30.7 Å². The highest BCUT2D eigenvalue weighted by atomic mass is 35.5. The Morgan fingerprint density at radius 1 is 1.43 bits per heavy atom. The van der Waals surface area contributed by atoms with Crippen LogP contribution in [0, 0.1) is 0 Å². The molecule has 0 bridgehead atoms. The Kier molecular flexibility index (Phi) is 7.77. The van der Waals surface area contributed by atoms with E-state index in [1.54, 1.807) is 0 Å². The predicted octanol–water partition coefficient (Wildman–Crippen LogP) is 3.74. The van der Waals surface area contributed by atoms with Gasteiger partial charge in [-0.15, -0.1) is 36.2 Å². The molecule has 23 heavy (non-hydrogen) atoms. The van der Waals surface area contributed by atoms with Gasteiger partial charge in [0, 0.05) is 41.6 Å². The number of nitrogens with zero attached hydrogens (tertiary/aromatic N) is 2. The highest BCUT2D eigenvalue weighted by Crippen LogP contribution is 2.26. The van der Waals surface area contributed by atoms with Crippen molar-refractivity contribution in [1.82, 2.24) is 15.2 Å². The zero-order valence-electron chi connectivity index (χ0n) is 12.5. The first-order valence-corrected chi connectivity index (χ1v) is 8.13. The summed E-state index contributed by atoms with van der Waals surface area (Å²) in [4.78, 5) is 18.8. The summed E-state index contributed by atoms with van der Waals surface area (Å²) in [6, 6.07) is 7.85. The summed E-state index contributed by atoms with van der Waals surface area (Å²) >= 11 is 7.47. The molecule has 1 amide bonds. The number of carbonyl (C=O) groups excluding carboxylic acids is 1. The molecule has 126 valence electrons. The maximum Gasteiger partial charge on any atom is 0.273 e. The minimum absolute atomic E-state index is 0. The topological polar surface area (TPSA) is 45.2 Å². The van der Waals surface area contributed by atoms with Crippen molar-refractivity contribution in [2.45, 2.75) is 13.0 Å². The number of piperazine rings is 1. The first-order valence-electron chi connectivity index (χ1n) is 6.87. The number of amides is 1. The second-order valence-corrected chi connectivity index (χ2v) is 6.45. The monoisotopic (exact) mass is 393 g/mol. The highest BCUT2D eigenvalue weighted by molar-refractivity contribution is 7.13. The lowest BCUT2D eigenvalue weighted by atomic mass is 10.2. The van der Waals surface area contributed by atoms with Gasteiger partial charge in [0.2, 0.25) is 0 Å². The van der Waals surface area contributed by atoms with Gasteiger partial charge in [0.15, 0.2) is 0 Å². The third-order valence-corrected chi connectivity index (χ3v) is 4.58. The number of aromatic nitrogens is 1. The third-order valence-electron chi connectivity index (χ3n) is 3.45. The smallest absolute Gasteiger partial charge is 0.273 e. The van der Waals surface area contributed by atoms with Crippen molar-refractivity contribution in [2.24, 2.45) is 0 Å². The Hall–Kier alpha value is -0.850. The van der Waals surface area contributed by atoms with Crippen molar-refractivity contribution in [3.63, 3.8) is 0 Å². The third kappa shape index (κ3) is 4.81. The predicted molar refractivity (Wildman–Crippen MR) is 100 cm³/mol. The van der Waals surface area contributed by atoms with Crippen LogP contribution in [-0.2, 0) is 0 Å². The SMILES string of the molecule is CC1CN(C(=O)c2csc(-c3cccc(Cl)c3)n2)CCN1.Cl.Cl. The molecule has 1 fully saturated rings. The average Bonchev–Trinajstić information content (AvgIpc) is 2.96. The lowest BCUT2D eigenvalue weighted by molar-refractivity contribution is 0.0704. The van der Waals surface area contributed by atoms with Crippen LogP contribution in [0.4, 0.5) is 0 Å². The molecule has 0 spiro atoms. The van der Waals surface area contributed by atoms with E-state index in [9.17, 15) is 4.79 Å². The summed E-state index contributed by atoms with van der Waals surface area (Å²) in [5, 5.41) is 6.65. The van der Waals surface area contributed by atoms with E-state index < -0.39 is 0 Å². The molecule has 1 aliphatic rings. The first kappa shape index (κ1) is 20.2. The number of nitrogens with one attached hydrogen (secondary N) is 1. The molecule has 2 heterocycles. The largest absolute Gasteiger partial charge is 0.334 e. The van der Waals surface area contributed by atoms with E-state index in [0.29, 0.717) is 16.8 Å². The molecule has 2 aromatic rings. The standard InChI is InChI=1S/C15H16ClN3OS.2ClH/c1-10-8-19(6-5-17-10)15(20)13-9-21-14(18-13)11-3-2-4-12(16)7-11;;/h2-4,7,9-10,17H,5-6,8H2,1H3;2*1H. The molecule has 1 N–H and O–H groups in total. The summed E-state index contributed by atoms with van der Waals surface area (Å²) in [6.45, 7) is 4.37. The quantitative estimate of drug-likeness (QED) is 0.844. The summed E-state index contributed by atoms with van der Waals surface area (Å²) in [7, 11) is 0. The molecule has 0 saturated carbocycles. The molecule has 1 aliphatic heterocycles. The van der Waals surface area contributed by atoms with Crippen LogP contribution in [0.5, 0.6) is 0 Å². The highest BCUT2D eigenvalue weighted by Gasteiger charge is 2.23. The summed E-state index contributed by atoms with van der Waals surface area (Å²) in [5.41, 5.74) is 1.46. The zero-order valence-corrected chi connectivity index (χ0v) is 15.7. The Bertz CT molecular complexity index is 665. The van der Waals surface area contributed by atoms with Crippen LogP contribution in [0.3, 0.4) is 0 Å². The molecule has 1 saturated heterocycles. The molecule has 1 atom stereocenters. The second kappa shape index (κ2) is 8.85. The van der Waals surface area contributed by atoms with E-state index in [1.807, 2.05) is 34.5 Å². The van der Waals surface area contributed by atoms with Gasteiger partial charge in [-0.25, -0.2) is 4.98 Å². The van der Waals surface area contributed by atoms with Crippen LogP contribution in [-0.4, -0.2) is 41.5 Å². The number of hydrogen-bond acceptors (Lipinski definition) is 4. The molecule has 0 radical (unpaired) electrons. The van der Waals surface area contributed by atoms with Gasteiger partial charge in [-0.3, -0.25) is 4.79 Å². The minimum atomic E-state index is 0. The van der Waals surface area contributed by atoms with Crippen LogP contribution < -0.4 is 5.32 Å². The van der Waals surface area contributed by atoms with Crippen LogP contribution in [0.15, 0.2) is 29.6 Å². The number of hydrogen-bond donors (Lipinski definition) is 1. The molecular formula is C15H18Cl3N3OS. The number of thiazole rings is 1. The number of rotatable bonds is 2. The van der Waals surface area contributed by atoms with Gasteiger partial charge in [0.25, 0.3) is 5.91 Å². The maximum absolute atomic E-state index is 12.5. The van der Waals surface area contributed by atoms with Crippen LogP contribution in [0.1, 0.15) is 17.4 Å². The minimum Gasteiger partial charge on any atom is -0.334 e. The van der Waals surface area contributed by atoms with Gasteiger partial charge in [-0.1, -0.05) is 23.7 Å². The van der Waals surface area contributed by atoms with Crippen molar-refractivity contribution in [1.29, 1.82) is 0 Å². The van der Waals surface area contributed by atoms with Gasteiger partial charge in [-0.2, -0.15) is 0 Å². The van der Waals surface area contributed by atoms with Crippen LogP contribution in [0.25, 0.3) is 10.6 Å². The fourth-order valence-corrected chi connectivity index (χ4v) is 3.39. The number of benzene rings is 1. The molecule has 8 heteroatoms. The van der Waals surface area contributed by atoms with Crippen LogP contribution >= 0.6 is 47.8 Å². The second-order valence-electron chi connectivity index (χ2n) is 5.15. The molecule has 4 nitrogen and oxygen atoms in total. The Labute approximate surface area is 157 Å². The van der Waals surface area contributed by atoms with E-state index >= 15 is 0 Å². The molecule has 1 unspecified atom stereocenters. The van der Waals surface area contributed by atoms with Gasteiger partial charge < -0.3 is 10.2 Å². The van der Waals surface area contributed by atoms with E-state index in [2.05, 4.69) is 17.2 Å². The summed E-state index contributed by atoms with van der Waals surface area (Å²) in [5.74, 6) is 0.00729. The Morgan fingerprint density at radius 3 is 2.91 bits per heavy atom. The van der Waals surface area contributed by atoms with E-state index in [4.69, 9.17) is 11.6 Å². The van der Waals surface area contributed by atoms with E-state index in [0.717, 1.165) is 30.2 Å². The van der Waals surface area contributed by atoms with Gasteiger partial charge in [-0.05, 0) is 19.1 Å². The summed E-state index contributed by atoms with van der Waals surface area (Å²) < 4.78 is 0. The van der Waals surface area contributed by atoms with Crippen molar-refractivity contribution in [2.75, 3.05) is 19.6 Å². The number of halogens is 3. The molecule has 3 rings (SSSR count). The number of carbonyl (C=O) groups is 1. The van der Waals surface area contributed by atoms with Crippen molar-refractivity contribution >= 4 is 53.7 Å².